The number of halogens is 3. The summed E-state index contributed by atoms with van der Waals surface area (Å²) in [4.78, 5) is 26.2. The van der Waals surface area contributed by atoms with Crippen molar-refractivity contribution in [1.29, 1.82) is 0 Å². The summed E-state index contributed by atoms with van der Waals surface area (Å²) in [5.74, 6) is -0.603. The Hall–Kier alpha value is -1.47. The highest BCUT2D eigenvalue weighted by Crippen LogP contribution is 2.37. The molecule has 1 aliphatic heterocycles. The number of carbonyl (C=O) groups is 2. The van der Waals surface area contributed by atoms with Crippen LogP contribution in [0.4, 0.5) is 4.79 Å². The third kappa shape index (κ3) is 3.87. The van der Waals surface area contributed by atoms with Crippen molar-refractivity contribution in [1.82, 2.24) is 4.90 Å². The van der Waals surface area contributed by atoms with Gasteiger partial charge in [0.25, 0.3) is 11.1 Å². The summed E-state index contributed by atoms with van der Waals surface area (Å²) in [5.41, 5.74) is 1.36. The highest BCUT2D eigenvalue weighted by atomic mass is 79.9. The fourth-order valence-corrected chi connectivity index (χ4v) is 4.01. The van der Waals surface area contributed by atoms with Gasteiger partial charge in [-0.15, -0.1) is 0 Å². The molecule has 0 atom stereocenters. The molecule has 0 spiro atoms. The minimum atomic E-state index is -0.383. The first kappa shape index (κ1) is 18.3. The van der Waals surface area contributed by atoms with Gasteiger partial charge in [-0.2, -0.15) is 0 Å². The molecule has 0 unspecified atom stereocenters. The standard InChI is InChI=1S/C17H10BrCl2NO3S/c18-11-4-2-1-3-10(11)8-21-16(23)14(25-17(21)24)7-9-5-12(19)15(22)13(20)6-9/h1-7,22H,8H2/b14-7-. The van der Waals surface area contributed by atoms with Crippen LogP contribution in [0.25, 0.3) is 6.08 Å². The monoisotopic (exact) mass is 457 g/mol. The Morgan fingerprint density at radius 3 is 2.44 bits per heavy atom. The first-order valence-electron chi connectivity index (χ1n) is 7.03. The van der Waals surface area contributed by atoms with Crippen molar-refractivity contribution < 1.29 is 14.7 Å². The highest BCUT2D eigenvalue weighted by molar-refractivity contribution is 9.10. The maximum atomic E-state index is 12.6. The van der Waals surface area contributed by atoms with Gasteiger partial charge in [-0.05, 0) is 47.2 Å². The number of amides is 2. The van der Waals surface area contributed by atoms with E-state index in [4.69, 9.17) is 23.2 Å². The number of hydrogen-bond donors (Lipinski definition) is 1. The van der Waals surface area contributed by atoms with Gasteiger partial charge in [0.2, 0.25) is 0 Å². The van der Waals surface area contributed by atoms with Crippen LogP contribution >= 0.6 is 50.9 Å². The maximum absolute atomic E-state index is 12.6. The Kier molecular flexibility index (Phi) is 5.43. The van der Waals surface area contributed by atoms with Gasteiger partial charge in [-0.1, -0.05) is 57.3 Å². The zero-order valence-electron chi connectivity index (χ0n) is 12.5. The predicted octanol–water partition coefficient (Wildman–Crippen LogP) is 5.70. The van der Waals surface area contributed by atoms with Gasteiger partial charge in [0.1, 0.15) is 0 Å². The third-order valence-electron chi connectivity index (χ3n) is 3.50. The maximum Gasteiger partial charge on any atom is 0.293 e. The highest BCUT2D eigenvalue weighted by Gasteiger charge is 2.35. The number of thioether (sulfide) groups is 1. The fraction of sp³-hybridized carbons (Fsp3) is 0.0588. The largest absolute Gasteiger partial charge is 0.505 e. The van der Waals surface area contributed by atoms with E-state index in [2.05, 4.69) is 15.9 Å². The van der Waals surface area contributed by atoms with Crippen LogP contribution in [0.5, 0.6) is 5.75 Å². The Bertz CT molecular complexity index is 894. The molecule has 0 bridgehead atoms. The second kappa shape index (κ2) is 7.41. The number of nitrogens with zero attached hydrogens (tertiary/aromatic N) is 1. The van der Waals surface area contributed by atoms with Gasteiger partial charge >= 0.3 is 0 Å². The van der Waals surface area contributed by atoms with E-state index in [1.807, 2.05) is 24.3 Å². The smallest absolute Gasteiger partial charge is 0.293 e. The average Bonchev–Trinajstić information content (AvgIpc) is 2.82. The third-order valence-corrected chi connectivity index (χ3v) is 5.75. The van der Waals surface area contributed by atoms with E-state index in [0.29, 0.717) is 5.56 Å². The lowest BCUT2D eigenvalue weighted by atomic mass is 10.2. The minimum absolute atomic E-state index is 0.0752. The molecule has 0 aromatic heterocycles. The van der Waals surface area contributed by atoms with Crippen molar-refractivity contribution in [3.8, 4) is 5.75 Å². The topological polar surface area (TPSA) is 57.6 Å². The van der Waals surface area contributed by atoms with Gasteiger partial charge in [0.05, 0.1) is 21.5 Å². The number of hydrogen-bond acceptors (Lipinski definition) is 4. The summed E-state index contributed by atoms with van der Waals surface area (Å²) in [6, 6.07) is 10.4. The molecule has 0 saturated carbocycles. The van der Waals surface area contributed by atoms with Crippen molar-refractivity contribution in [3.05, 3.63) is 66.9 Å². The Labute approximate surface area is 166 Å². The minimum Gasteiger partial charge on any atom is -0.505 e. The van der Waals surface area contributed by atoms with E-state index >= 15 is 0 Å². The van der Waals surface area contributed by atoms with Gasteiger partial charge in [0.15, 0.2) is 5.75 Å². The van der Waals surface area contributed by atoms with E-state index < -0.39 is 0 Å². The molecule has 0 aliphatic carbocycles. The van der Waals surface area contributed by atoms with Crippen LogP contribution in [-0.2, 0) is 11.3 Å². The summed E-state index contributed by atoms with van der Waals surface area (Å²) >= 11 is 16.0. The zero-order valence-corrected chi connectivity index (χ0v) is 16.4. The Morgan fingerprint density at radius 2 is 1.80 bits per heavy atom. The summed E-state index contributed by atoms with van der Waals surface area (Å²) in [7, 11) is 0. The SMILES string of the molecule is O=C1S/C(=C\c2cc(Cl)c(O)c(Cl)c2)C(=O)N1Cc1ccccc1Br. The van der Waals surface area contributed by atoms with E-state index in [1.165, 1.54) is 23.1 Å². The number of phenols is 1. The molecular formula is C17H10BrCl2NO3S. The van der Waals surface area contributed by atoms with E-state index in [-0.39, 0.29) is 38.4 Å². The molecule has 1 aliphatic rings. The molecule has 3 rings (SSSR count). The van der Waals surface area contributed by atoms with Crippen molar-refractivity contribution in [2.75, 3.05) is 0 Å². The van der Waals surface area contributed by atoms with Crippen molar-refractivity contribution >= 4 is 68.1 Å². The van der Waals surface area contributed by atoms with Crippen LogP contribution in [0.1, 0.15) is 11.1 Å². The Morgan fingerprint density at radius 1 is 1.16 bits per heavy atom. The van der Waals surface area contributed by atoms with Crippen LogP contribution in [0.3, 0.4) is 0 Å². The van der Waals surface area contributed by atoms with E-state index in [9.17, 15) is 14.7 Å². The molecule has 2 aromatic carbocycles. The number of phenolic OH excluding ortho intramolecular Hbond substituents is 1. The van der Waals surface area contributed by atoms with Crippen LogP contribution < -0.4 is 0 Å². The fourth-order valence-electron chi connectivity index (χ4n) is 2.25. The van der Waals surface area contributed by atoms with Gasteiger partial charge in [-0.25, -0.2) is 0 Å². The molecule has 1 heterocycles. The summed E-state index contributed by atoms with van der Waals surface area (Å²) in [6.07, 6.45) is 1.53. The lowest BCUT2D eigenvalue weighted by molar-refractivity contribution is -0.123. The number of aromatic hydroxyl groups is 1. The molecule has 8 heteroatoms. The van der Waals surface area contributed by atoms with Crippen LogP contribution in [0.15, 0.2) is 45.8 Å². The summed E-state index contributed by atoms with van der Waals surface area (Å²) in [5, 5.41) is 9.40. The number of imide groups is 1. The second-order valence-corrected chi connectivity index (χ2v) is 7.85. The van der Waals surface area contributed by atoms with Crippen molar-refractivity contribution in [2.45, 2.75) is 6.54 Å². The van der Waals surface area contributed by atoms with Crippen molar-refractivity contribution in [3.63, 3.8) is 0 Å². The first-order chi connectivity index (χ1) is 11.9. The summed E-state index contributed by atoms with van der Waals surface area (Å²) < 4.78 is 0.829. The zero-order chi connectivity index (χ0) is 18.1. The van der Waals surface area contributed by atoms with Gasteiger partial charge < -0.3 is 5.11 Å². The normalized spacial score (nSPS) is 16.1. The summed E-state index contributed by atoms with van der Waals surface area (Å²) in [6.45, 7) is 0.181. The van der Waals surface area contributed by atoms with Gasteiger partial charge in [-0.3, -0.25) is 14.5 Å². The average molecular weight is 459 g/mol. The lowest BCUT2D eigenvalue weighted by Gasteiger charge is -2.13. The number of carbonyl (C=O) groups excluding carboxylic acids is 2. The molecule has 2 amide bonds. The molecule has 1 fully saturated rings. The number of benzene rings is 2. The van der Waals surface area contributed by atoms with Crippen molar-refractivity contribution in [2.24, 2.45) is 0 Å². The molecule has 0 radical (unpaired) electrons. The Balaban J connectivity index is 1.87. The molecule has 25 heavy (non-hydrogen) atoms. The van der Waals surface area contributed by atoms with E-state index in [1.54, 1.807) is 0 Å². The molecular weight excluding hydrogens is 449 g/mol. The van der Waals surface area contributed by atoms with E-state index in [0.717, 1.165) is 21.8 Å². The molecule has 2 aromatic rings. The van der Waals surface area contributed by atoms with Crippen LogP contribution in [0, 0.1) is 0 Å². The lowest BCUT2D eigenvalue weighted by Crippen LogP contribution is -2.27. The molecule has 1 N–H and O–H groups in total. The van der Waals surface area contributed by atoms with Gasteiger partial charge in [0, 0.05) is 4.47 Å². The predicted molar refractivity (Wildman–Crippen MR) is 104 cm³/mol. The first-order valence-corrected chi connectivity index (χ1v) is 9.40. The molecule has 1 saturated heterocycles. The molecule has 128 valence electrons. The quantitative estimate of drug-likeness (QED) is 0.599. The second-order valence-electron chi connectivity index (χ2n) is 5.19. The van der Waals surface area contributed by atoms with Crippen LogP contribution in [0.2, 0.25) is 10.0 Å². The van der Waals surface area contributed by atoms with Crippen LogP contribution in [-0.4, -0.2) is 21.2 Å². The number of rotatable bonds is 3. The molecule has 4 nitrogen and oxygen atoms in total.